The molecule has 0 atom stereocenters. The van der Waals surface area contributed by atoms with Crippen LogP contribution in [-0.2, 0) is 0 Å². The fourth-order valence-corrected chi connectivity index (χ4v) is 2.02. The second kappa shape index (κ2) is 6.11. The van der Waals surface area contributed by atoms with E-state index in [2.05, 4.69) is 0 Å². The zero-order valence-electron chi connectivity index (χ0n) is 10.8. The van der Waals surface area contributed by atoms with Gasteiger partial charge >= 0.3 is 0 Å². The van der Waals surface area contributed by atoms with Crippen molar-refractivity contribution in [2.45, 2.75) is 6.92 Å². The molecule has 0 N–H and O–H groups in total. The SMILES string of the molecule is CC(=O)c1cc(Oc2cc(Cl)ccc2Cl)ccc1[N+](=O)[O-]. The number of rotatable bonds is 4. The van der Waals surface area contributed by atoms with Gasteiger partial charge in [0, 0.05) is 17.2 Å². The van der Waals surface area contributed by atoms with Gasteiger partial charge in [-0.25, -0.2) is 0 Å². The third-order valence-electron chi connectivity index (χ3n) is 2.67. The minimum absolute atomic E-state index is 0.0318. The van der Waals surface area contributed by atoms with Crippen LogP contribution in [0.2, 0.25) is 10.0 Å². The molecule has 0 aliphatic rings. The van der Waals surface area contributed by atoms with Gasteiger partial charge in [-0.05, 0) is 31.2 Å². The first-order valence-corrected chi connectivity index (χ1v) is 6.56. The molecule has 2 aromatic carbocycles. The number of hydrogen-bond acceptors (Lipinski definition) is 4. The smallest absolute Gasteiger partial charge is 0.280 e. The predicted octanol–water partition coefficient (Wildman–Crippen LogP) is 4.90. The lowest BCUT2D eigenvalue weighted by atomic mass is 10.1. The number of ketones is 1. The first kappa shape index (κ1) is 15.3. The van der Waals surface area contributed by atoms with Gasteiger partial charge in [-0.2, -0.15) is 0 Å². The number of hydrogen-bond donors (Lipinski definition) is 0. The first-order valence-electron chi connectivity index (χ1n) is 5.81. The highest BCUT2D eigenvalue weighted by Crippen LogP contribution is 2.33. The summed E-state index contributed by atoms with van der Waals surface area (Å²) in [6, 6.07) is 8.59. The maximum absolute atomic E-state index is 11.5. The number of ether oxygens (including phenoxy) is 1. The van der Waals surface area contributed by atoms with Crippen LogP contribution in [0, 0.1) is 10.1 Å². The first-order chi connectivity index (χ1) is 9.88. The van der Waals surface area contributed by atoms with Gasteiger partial charge in [0.1, 0.15) is 11.5 Å². The van der Waals surface area contributed by atoms with Crippen molar-refractivity contribution in [1.29, 1.82) is 0 Å². The zero-order chi connectivity index (χ0) is 15.6. The van der Waals surface area contributed by atoms with E-state index in [0.29, 0.717) is 15.8 Å². The van der Waals surface area contributed by atoms with E-state index < -0.39 is 10.7 Å². The van der Waals surface area contributed by atoms with Crippen molar-refractivity contribution in [3.05, 3.63) is 62.1 Å². The van der Waals surface area contributed by atoms with E-state index in [4.69, 9.17) is 27.9 Å². The lowest BCUT2D eigenvalue weighted by molar-refractivity contribution is -0.385. The van der Waals surface area contributed by atoms with Crippen LogP contribution in [-0.4, -0.2) is 10.7 Å². The normalized spacial score (nSPS) is 10.2. The maximum Gasteiger partial charge on any atom is 0.280 e. The Balaban J connectivity index is 2.41. The highest BCUT2D eigenvalue weighted by molar-refractivity contribution is 6.34. The van der Waals surface area contributed by atoms with Crippen LogP contribution >= 0.6 is 23.2 Å². The van der Waals surface area contributed by atoms with Gasteiger partial charge in [-0.1, -0.05) is 23.2 Å². The monoisotopic (exact) mass is 325 g/mol. The fourth-order valence-electron chi connectivity index (χ4n) is 1.70. The number of nitro groups is 1. The molecule has 2 aromatic rings. The van der Waals surface area contributed by atoms with Crippen molar-refractivity contribution >= 4 is 34.7 Å². The summed E-state index contributed by atoms with van der Waals surface area (Å²) in [4.78, 5) is 21.7. The molecular weight excluding hydrogens is 317 g/mol. The van der Waals surface area contributed by atoms with Crippen LogP contribution in [0.1, 0.15) is 17.3 Å². The van der Waals surface area contributed by atoms with Crippen LogP contribution in [0.5, 0.6) is 11.5 Å². The van der Waals surface area contributed by atoms with Crippen LogP contribution in [0.25, 0.3) is 0 Å². The van der Waals surface area contributed by atoms with Gasteiger partial charge < -0.3 is 4.74 Å². The van der Waals surface area contributed by atoms with Crippen LogP contribution in [0.15, 0.2) is 36.4 Å². The molecule has 0 aliphatic heterocycles. The molecule has 0 saturated carbocycles. The highest BCUT2D eigenvalue weighted by atomic mass is 35.5. The second-order valence-corrected chi connectivity index (χ2v) is 5.01. The van der Waals surface area contributed by atoms with Crippen LogP contribution < -0.4 is 4.74 Å². The largest absolute Gasteiger partial charge is 0.456 e. The number of nitrogens with zero attached hydrogens (tertiary/aromatic N) is 1. The summed E-state index contributed by atoms with van der Waals surface area (Å²) < 4.78 is 5.52. The molecule has 0 spiro atoms. The summed E-state index contributed by atoms with van der Waals surface area (Å²) in [5.74, 6) is 0.131. The molecule has 0 amide bonds. The van der Waals surface area contributed by atoms with Gasteiger partial charge in [0.25, 0.3) is 5.69 Å². The quantitative estimate of drug-likeness (QED) is 0.455. The average Bonchev–Trinajstić information content (AvgIpc) is 2.42. The summed E-state index contributed by atoms with van der Waals surface area (Å²) >= 11 is 11.8. The molecule has 0 aromatic heterocycles. The topological polar surface area (TPSA) is 69.4 Å². The number of benzene rings is 2. The summed E-state index contributed by atoms with van der Waals surface area (Å²) in [5.41, 5.74) is -0.303. The van der Waals surface area contributed by atoms with Gasteiger partial charge in [0.05, 0.1) is 15.5 Å². The molecule has 0 fully saturated rings. The molecule has 0 aliphatic carbocycles. The molecule has 5 nitrogen and oxygen atoms in total. The number of halogens is 2. The molecule has 0 bridgehead atoms. The summed E-state index contributed by atoms with van der Waals surface area (Å²) in [5, 5.41) is 11.6. The molecule has 108 valence electrons. The third-order valence-corrected chi connectivity index (χ3v) is 3.21. The van der Waals surface area contributed by atoms with Crippen molar-refractivity contribution in [3.8, 4) is 11.5 Å². The minimum Gasteiger partial charge on any atom is -0.456 e. The van der Waals surface area contributed by atoms with Gasteiger partial charge in [-0.3, -0.25) is 14.9 Å². The second-order valence-electron chi connectivity index (χ2n) is 4.17. The third kappa shape index (κ3) is 3.51. The number of carbonyl (C=O) groups excluding carboxylic acids is 1. The van der Waals surface area contributed by atoms with E-state index in [1.807, 2.05) is 0 Å². The van der Waals surface area contributed by atoms with Crippen LogP contribution in [0.3, 0.4) is 0 Å². The molecule has 2 rings (SSSR count). The molecule has 0 radical (unpaired) electrons. The lowest BCUT2D eigenvalue weighted by Gasteiger charge is -2.09. The van der Waals surface area contributed by atoms with E-state index in [0.717, 1.165) is 0 Å². The fraction of sp³-hybridized carbons (Fsp3) is 0.0714. The summed E-state index contributed by atoms with van der Waals surface area (Å²) in [6.45, 7) is 1.25. The standard InChI is InChI=1S/C14H9Cl2NO4/c1-8(18)11-7-10(3-5-13(11)17(19)20)21-14-6-9(15)2-4-12(14)16/h2-7H,1H3. The molecule has 0 unspecified atom stereocenters. The van der Waals surface area contributed by atoms with Crippen molar-refractivity contribution in [1.82, 2.24) is 0 Å². The Morgan fingerprint density at radius 1 is 1.19 bits per heavy atom. The van der Waals surface area contributed by atoms with E-state index in [-0.39, 0.29) is 17.0 Å². The molecule has 7 heteroatoms. The van der Waals surface area contributed by atoms with Crippen LogP contribution in [0.4, 0.5) is 5.69 Å². The Morgan fingerprint density at radius 2 is 1.90 bits per heavy atom. The van der Waals surface area contributed by atoms with Gasteiger partial charge in [0.2, 0.25) is 0 Å². The summed E-state index contributed by atoms with van der Waals surface area (Å²) in [6.07, 6.45) is 0. The van der Waals surface area contributed by atoms with Gasteiger partial charge in [-0.15, -0.1) is 0 Å². The molecule has 0 heterocycles. The Morgan fingerprint density at radius 3 is 2.52 bits per heavy atom. The van der Waals surface area contributed by atoms with Crippen molar-refractivity contribution < 1.29 is 14.5 Å². The van der Waals surface area contributed by atoms with E-state index in [1.165, 1.54) is 31.2 Å². The van der Waals surface area contributed by atoms with E-state index in [9.17, 15) is 14.9 Å². The number of nitro benzene ring substituents is 1. The van der Waals surface area contributed by atoms with Crippen molar-refractivity contribution in [3.63, 3.8) is 0 Å². The molecule has 21 heavy (non-hydrogen) atoms. The Bertz CT molecular complexity index is 731. The minimum atomic E-state index is -0.618. The number of carbonyl (C=O) groups is 1. The molecule has 0 saturated heterocycles. The Hall–Kier alpha value is -2.11. The predicted molar refractivity (Wildman–Crippen MR) is 79.6 cm³/mol. The van der Waals surface area contributed by atoms with Gasteiger partial charge in [0.15, 0.2) is 5.78 Å². The molecular formula is C14H9Cl2NO4. The van der Waals surface area contributed by atoms with Crippen molar-refractivity contribution in [2.75, 3.05) is 0 Å². The highest BCUT2D eigenvalue weighted by Gasteiger charge is 2.18. The van der Waals surface area contributed by atoms with Crippen molar-refractivity contribution in [2.24, 2.45) is 0 Å². The number of Topliss-reactive ketones (excluding diaryl/α,β-unsaturated/α-hetero) is 1. The Labute approximate surface area is 130 Å². The average molecular weight is 326 g/mol. The van der Waals surface area contributed by atoms with E-state index >= 15 is 0 Å². The Kier molecular flexibility index (Phi) is 4.45. The zero-order valence-corrected chi connectivity index (χ0v) is 12.3. The lowest BCUT2D eigenvalue weighted by Crippen LogP contribution is -2.00. The van der Waals surface area contributed by atoms with E-state index in [1.54, 1.807) is 12.1 Å². The summed E-state index contributed by atoms with van der Waals surface area (Å²) in [7, 11) is 0. The maximum atomic E-state index is 11.5.